The van der Waals surface area contributed by atoms with E-state index in [2.05, 4.69) is 10.3 Å². The summed E-state index contributed by atoms with van der Waals surface area (Å²) >= 11 is 0. The maximum atomic E-state index is 12.8. The molecule has 168 valence electrons. The molecule has 0 aliphatic rings. The van der Waals surface area contributed by atoms with Crippen molar-refractivity contribution in [2.75, 3.05) is 5.32 Å². The van der Waals surface area contributed by atoms with Crippen LogP contribution in [0.4, 0.5) is 11.4 Å². The van der Waals surface area contributed by atoms with Crippen LogP contribution in [0.1, 0.15) is 21.7 Å². The number of rotatable bonds is 5. The lowest BCUT2D eigenvalue weighted by Gasteiger charge is -2.05. The zero-order valence-corrected chi connectivity index (χ0v) is 18.4. The number of aryl methyl sites for hydroxylation is 2. The fourth-order valence-corrected chi connectivity index (χ4v) is 3.87. The fraction of sp³-hybridized carbons (Fsp3) is 0.0769. The van der Waals surface area contributed by atoms with Gasteiger partial charge in [-0.15, -0.1) is 0 Å². The molecule has 0 aliphatic carbocycles. The molecule has 2 aromatic heterocycles. The standard InChI is InChI=1S/C26H19N3O5/c1-15-12-16(2)24-20(13-15)28-26(34-24)17-6-5-7-18(14-17)27-25(30)23-11-10-22(33-23)19-8-3-4-9-21(19)29(31)32/h3-14H,1-2H3,(H,27,30). The van der Waals surface area contributed by atoms with Crippen LogP contribution in [0.2, 0.25) is 0 Å². The molecular weight excluding hydrogens is 434 g/mol. The van der Waals surface area contributed by atoms with Crippen LogP contribution in [0.15, 0.2) is 81.6 Å². The summed E-state index contributed by atoms with van der Waals surface area (Å²) in [6, 6.07) is 20.4. The van der Waals surface area contributed by atoms with Gasteiger partial charge in [0.2, 0.25) is 5.89 Å². The number of benzene rings is 3. The van der Waals surface area contributed by atoms with Crippen LogP contribution in [0.3, 0.4) is 0 Å². The predicted molar refractivity (Wildman–Crippen MR) is 128 cm³/mol. The molecule has 8 heteroatoms. The predicted octanol–water partition coefficient (Wildman–Crippen LogP) is 6.53. The van der Waals surface area contributed by atoms with E-state index < -0.39 is 10.8 Å². The third-order valence-corrected chi connectivity index (χ3v) is 5.38. The van der Waals surface area contributed by atoms with Gasteiger partial charge in [-0.25, -0.2) is 4.98 Å². The minimum atomic E-state index is -0.488. The number of carbonyl (C=O) groups is 1. The summed E-state index contributed by atoms with van der Waals surface area (Å²) in [4.78, 5) is 28.2. The molecule has 5 rings (SSSR count). The molecule has 0 spiro atoms. The van der Waals surface area contributed by atoms with Crippen LogP contribution < -0.4 is 5.32 Å². The van der Waals surface area contributed by atoms with Crippen molar-refractivity contribution in [1.82, 2.24) is 4.98 Å². The van der Waals surface area contributed by atoms with Crippen LogP contribution in [0, 0.1) is 24.0 Å². The largest absolute Gasteiger partial charge is 0.451 e. The highest BCUT2D eigenvalue weighted by molar-refractivity contribution is 6.03. The number of amides is 1. The summed E-state index contributed by atoms with van der Waals surface area (Å²) in [6.45, 7) is 3.98. The summed E-state index contributed by atoms with van der Waals surface area (Å²) in [5, 5.41) is 14.1. The Morgan fingerprint density at radius 1 is 0.971 bits per heavy atom. The van der Waals surface area contributed by atoms with Crippen molar-refractivity contribution >= 4 is 28.4 Å². The van der Waals surface area contributed by atoms with Crippen molar-refractivity contribution in [2.45, 2.75) is 13.8 Å². The first-order valence-corrected chi connectivity index (χ1v) is 10.5. The minimum Gasteiger partial charge on any atom is -0.451 e. The van der Waals surface area contributed by atoms with E-state index in [1.165, 1.54) is 18.2 Å². The highest BCUT2D eigenvalue weighted by atomic mass is 16.6. The van der Waals surface area contributed by atoms with Crippen molar-refractivity contribution in [3.8, 4) is 22.8 Å². The minimum absolute atomic E-state index is 0.0338. The van der Waals surface area contributed by atoms with Crippen molar-refractivity contribution in [1.29, 1.82) is 0 Å². The molecule has 0 bridgehead atoms. The number of furan rings is 1. The first kappa shape index (κ1) is 21.1. The van der Waals surface area contributed by atoms with E-state index in [1.54, 1.807) is 36.4 Å². The van der Waals surface area contributed by atoms with E-state index in [4.69, 9.17) is 8.83 Å². The molecule has 0 aliphatic heterocycles. The second-order valence-electron chi connectivity index (χ2n) is 7.92. The van der Waals surface area contributed by atoms with Gasteiger partial charge >= 0.3 is 0 Å². The Kier molecular flexibility index (Phi) is 5.18. The number of oxazole rings is 1. The summed E-state index contributed by atoms with van der Waals surface area (Å²) < 4.78 is 11.6. The number of anilines is 1. The quantitative estimate of drug-likeness (QED) is 0.239. The van der Waals surface area contributed by atoms with Gasteiger partial charge < -0.3 is 14.2 Å². The molecule has 0 atom stereocenters. The van der Waals surface area contributed by atoms with Crippen molar-refractivity contribution in [3.63, 3.8) is 0 Å². The molecule has 0 saturated carbocycles. The molecule has 2 heterocycles. The number of nitrogens with one attached hydrogen (secondary N) is 1. The number of nitrogens with zero attached hydrogens (tertiary/aromatic N) is 2. The lowest BCUT2D eigenvalue weighted by molar-refractivity contribution is -0.384. The monoisotopic (exact) mass is 453 g/mol. The van der Waals surface area contributed by atoms with Gasteiger partial charge in [0.05, 0.1) is 10.5 Å². The number of nitro groups is 1. The van der Waals surface area contributed by atoms with Gasteiger partial charge in [0.1, 0.15) is 11.3 Å². The molecule has 0 fully saturated rings. The zero-order valence-electron chi connectivity index (χ0n) is 18.4. The topological polar surface area (TPSA) is 111 Å². The Morgan fingerprint density at radius 3 is 2.62 bits per heavy atom. The smallest absolute Gasteiger partial charge is 0.291 e. The van der Waals surface area contributed by atoms with Crippen LogP contribution >= 0.6 is 0 Å². The third-order valence-electron chi connectivity index (χ3n) is 5.38. The summed E-state index contributed by atoms with van der Waals surface area (Å²) in [6.07, 6.45) is 0. The molecule has 0 saturated heterocycles. The van der Waals surface area contributed by atoms with E-state index in [9.17, 15) is 14.9 Å². The van der Waals surface area contributed by atoms with Gasteiger partial charge in [-0.1, -0.05) is 24.3 Å². The van der Waals surface area contributed by atoms with Crippen molar-refractivity contribution in [2.24, 2.45) is 0 Å². The van der Waals surface area contributed by atoms with Crippen molar-refractivity contribution < 1.29 is 18.6 Å². The summed E-state index contributed by atoms with van der Waals surface area (Å²) in [5.41, 5.74) is 5.06. The van der Waals surface area contributed by atoms with Gasteiger partial charge in [0.15, 0.2) is 11.3 Å². The Morgan fingerprint density at radius 2 is 1.79 bits per heavy atom. The maximum Gasteiger partial charge on any atom is 0.291 e. The SMILES string of the molecule is Cc1cc(C)c2oc(-c3cccc(NC(=O)c4ccc(-c5ccccc5[N+](=O)[O-])o4)c3)nc2c1. The molecule has 3 aromatic carbocycles. The van der Waals surface area contributed by atoms with Gasteiger partial charge in [0.25, 0.3) is 11.6 Å². The molecule has 1 N–H and O–H groups in total. The average Bonchev–Trinajstić information content (AvgIpc) is 3.47. The van der Waals surface area contributed by atoms with Gasteiger partial charge in [0, 0.05) is 17.3 Å². The Hall–Kier alpha value is -4.72. The number of para-hydroxylation sites is 1. The molecule has 34 heavy (non-hydrogen) atoms. The number of hydrogen-bond acceptors (Lipinski definition) is 6. The van der Waals surface area contributed by atoms with E-state index in [0.29, 0.717) is 22.7 Å². The fourth-order valence-electron chi connectivity index (χ4n) is 3.87. The highest BCUT2D eigenvalue weighted by Gasteiger charge is 2.19. The first-order valence-electron chi connectivity index (χ1n) is 10.5. The lowest BCUT2D eigenvalue weighted by Crippen LogP contribution is -2.10. The summed E-state index contributed by atoms with van der Waals surface area (Å²) in [7, 11) is 0. The summed E-state index contributed by atoms with van der Waals surface area (Å²) in [5.74, 6) is 0.248. The normalized spacial score (nSPS) is 11.0. The number of nitro benzene ring substituents is 1. The molecule has 0 radical (unpaired) electrons. The number of aromatic nitrogens is 1. The van der Waals surface area contributed by atoms with Crippen molar-refractivity contribution in [3.05, 3.63) is 99.8 Å². The van der Waals surface area contributed by atoms with Crippen LogP contribution in [0.5, 0.6) is 0 Å². The van der Waals surface area contributed by atoms with Gasteiger partial charge in [-0.05, 0) is 67.4 Å². The molecular formula is C26H19N3O5. The van der Waals surface area contributed by atoms with Crippen LogP contribution in [-0.2, 0) is 0 Å². The highest BCUT2D eigenvalue weighted by Crippen LogP contribution is 2.32. The Bertz CT molecular complexity index is 1560. The second kappa shape index (κ2) is 8.32. The van der Waals surface area contributed by atoms with Gasteiger partial charge in [-0.3, -0.25) is 14.9 Å². The molecule has 1 amide bonds. The Labute approximate surface area is 194 Å². The van der Waals surface area contributed by atoms with Crippen LogP contribution in [0.25, 0.3) is 33.9 Å². The van der Waals surface area contributed by atoms with Crippen LogP contribution in [-0.4, -0.2) is 15.8 Å². The van der Waals surface area contributed by atoms with E-state index in [-0.39, 0.29) is 17.2 Å². The molecule has 5 aromatic rings. The Balaban J connectivity index is 1.39. The average molecular weight is 453 g/mol. The third kappa shape index (κ3) is 3.93. The lowest BCUT2D eigenvalue weighted by atomic mass is 10.1. The first-order chi connectivity index (χ1) is 16.4. The second-order valence-corrected chi connectivity index (χ2v) is 7.92. The van der Waals surface area contributed by atoms with E-state index in [0.717, 1.165) is 22.2 Å². The molecule has 0 unspecified atom stereocenters. The number of hydrogen-bond donors (Lipinski definition) is 1. The number of carbonyl (C=O) groups excluding carboxylic acids is 1. The zero-order chi connectivity index (χ0) is 23.8. The number of fused-ring (bicyclic) bond motifs is 1. The van der Waals surface area contributed by atoms with E-state index >= 15 is 0 Å². The van der Waals surface area contributed by atoms with Gasteiger partial charge in [-0.2, -0.15) is 0 Å². The maximum absolute atomic E-state index is 12.8. The molecule has 8 nitrogen and oxygen atoms in total. The van der Waals surface area contributed by atoms with E-state index in [1.807, 2.05) is 32.0 Å².